The molecule has 0 bridgehead atoms. The van der Waals surface area contributed by atoms with Crippen molar-refractivity contribution < 1.29 is 59.1 Å². The number of ketones is 1. The minimum absolute atomic E-state index is 0.142. The highest BCUT2D eigenvalue weighted by atomic mass is 19.4. The predicted octanol–water partition coefficient (Wildman–Crippen LogP) is 2.66. The Bertz CT molecular complexity index is 1000. The summed E-state index contributed by atoms with van der Waals surface area (Å²) in [6.07, 6.45) is -11.3. The molecule has 0 aliphatic heterocycles. The van der Waals surface area contributed by atoms with Gasteiger partial charge >= 0.3 is 25.6 Å². The molecule has 0 aliphatic rings. The second kappa shape index (κ2) is 18.3. The van der Waals surface area contributed by atoms with Crippen LogP contribution in [-0.4, -0.2) is 61.8 Å². The third-order valence-corrected chi connectivity index (χ3v) is 3.89. The molecule has 0 unspecified atom stereocenters. The van der Waals surface area contributed by atoms with Gasteiger partial charge in [0.05, 0.1) is 18.5 Å². The van der Waals surface area contributed by atoms with Crippen LogP contribution in [-0.2, 0) is 35.0 Å². The predicted molar refractivity (Wildman–Crippen MR) is 125 cm³/mol. The second-order valence-electron chi connectivity index (χ2n) is 6.87. The van der Waals surface area contributed by atoms with Crippen LogP contribution >= 0.6 is 0 Å². The summed E-state index contributed by atoms with van der Waals surface area (Å²) in [6.45, 7) is 8.51. The fourth-order valence-electron chi connectivity index (χ4n) is 2.02. The summed E-state index contributed by atoms with van der Waals surface area (Å²) in [6, 6.07) is 1.58. The van der Waals surface area contributed by atoms with Gasteiger partial charge in [0, 0.05) is 31.9 Å². The van der Waals surface area contributed by atoms with Crippen LogP contribution in [0, 0.1) is 0 Å². The largest absolute Gasteiger partial charge is 0.507 e. The molecule has 20 heteroatoms. The molecule has 0 saturated carbocycles. The first-order valence-corrected chi connectivity index (χ1v) is 11.2. The number of hydrazine groups is 1. The van der Waals surface area contributed by atoms with E-state index < -0.39 is 42.8 Å². The third kappa shape index (κ3) is 16.1. The van der Waals surface area contributed by atoms with Crippen molar-refractivity contribution in [2.75, 3.05) is 13.2 Å². The number of rotatable bonds is 7. The lowest BCUT2D eigenvalue weighted by molar-refractivity contribution is -0.165. The smallest absolute Gasteiger partial charge is 0.501 e. The van der Waals surface area contributed by atoms with E-state index in [0.717, 1.165) is 23.6 Å². The Labute approximate surface area is 223 Å². The molecular formula is C20H30BF9N6O4. The zero-order valence-electron chi connectivity index (χ0n) is 21.8. The lowest BCUT2D eigenvalue weighted by Gasteiger charge is -2.01. The highest BCUT2D eigenvalue weighted by Gasteiger charge is 2.37. The van der Waals surface area contributed by atoms with Crippen molar-refractivity contribution in [1.29, 1.82) is 0 Å². The fourth-order valence-corrected chi connectivity index (χ4v) is 2.02. The van der Waals surface area contributed by atoms with Crippen molar-refractivity contribution in [2.45, 2.75) is 59.3 Å². The molecule has 0 amide bonds. The van der Waals surface area contributed by atoms with Gasteiger partial charge in [-0.05, 0) is 32.9 Å². The molecule has 0 fully saturated rings. The van der Waals surface area contributed by atoms with Gasteiger partial charge in [0.1, 0.15) is 0 Å². The van der Waals surface area contributed by atoms with Crippen molar-refractivity contribution in [3.8, 4) is 0 Å². The summed E-state index contributed by atoms with van der Waals surface area (Å²) in [4.78, 5) is 10.0. The highest BCUT2D eigenvalue weighted by Crippen LogP contribution is 2.27. The summed E-state index contributed by atoms with van der Waals surface area (Å²) in [7, 11) is -1.95. The molecule has 0 saturated heterocycles. The maximum atomic E-state index is 12.1. The average molecular weight is 600 g/mol. The quantitative estimate of drug-likeness (QED) is 0.0951. The van der Waals surface area contributed by atoms with Gasteiger partial charge in [0.15, 0.2) is 11.4 Å². The zero-order valence-corrected chi connectivity index (χ0v) is 21.8. The first-order chi connectivity index (χ1) is 18.3. The molecule has 0 aromatic carbocycles. The molecule has 2 rings (SSSR count). The molecule has 0 aliphatic carbocycles. The fraction of sp³-hybridized carbons (Fsp3) is 0.550. The summed E-state index contributed by atoms with van der Waals surface area (Å²) >= 11 is 0. The number of nitrogens with one attached hydrogen (secondary N) is 1. The van der Waals surface area contributed by atoms with E-state index in [-0.39, 0.29) is 18.7 Å². The van der Waals surface area contributed by atoms with Gasteiger partial charge in [-0.1, -0.05) is 6.92 Å². The number of ether oxygens (including phenoxy) is 1. The summed E-state index contributed by atoms with van der Waals surface area (Å²) in [5.41, 5.74) is 0.210. The van der Waals surface area contributed by atoms with Crippen molar-refractivity contribution in [3.05, 3.63) is 42.1 Å². The molecular weight excluding hydrogens is 570 g/mol. The number of alkyl halides is 9. The Balaban J connectivity index is 0. The molecule has 2 aromatic rings. The molecule has 0 radical (unpaired) electrons. The number of hydrogen-bond donors (Lipinski definition) is 4. The van der Waals surface area contributed by atoms with Crippen LogP contribution in [0.1, 0.15) is 39.1 Å². The SMILES string of the molecule is CCNN.CCO/C=C/C(=O)C(F)(F)F.CCn1ccc(C(F)(F)F)n1.CCn1nc(C(F)(F)F)cc1B(O)O. The van der Waals surface area contributed by atoms with Crippen molar-refractivity contribution in [3.63, 3.8) is 0 Å². The normalized spacial score (nSPS) is 11.5. The Hall–Kier alpha value is -3.10. The topological polar surface area (TPSA) is 140 Å². The Morgan fingerprint density at radius 3 is 1.80 bits per heavy atom. The number of carbonyl (C=O) groups is 1. The zero-order chi connectivity index (χ0) is 31.7. The number of nitrogens with zero attached hydrogens (tertiary/aromatic N) is 4. The standard InChI is InChI=1S/C6H8BF3N2O2.C6H7F3N2.C6H7F3O2.C2H8N2/c1-2-12-5(7(13)14)3-4(11-12)6(8,9)10;1-2-11-4-3-5(10-11)6(7,8)9;1-2-11-4-3-5(10)6(7,8)9;1-2-4-3/h3,13-14H,2H2,1H3;2*3-4H,2H2,1H3;4H,2-3H2,1H3/b;;4-3+;. The first kappa shape index (κ1) is 39.0. The van der Waals surface area contributed by atoms with E-state index in [0.29, 0.717) is 18.7 Å². The van der Waals surface area contributed by atoms with Gasteiger partial charge in [-0.3, -0.25) is 25.4 Å². The van der Waals surface area contributed by atoms with Gasteiger partial charge in [-0.25, -0.2) is 0 Å². The van der Waals surface area contributed by atoms with Gasteiger partial charge in [0.25, 0.3) is 5.78 Å². The van der Waals surface area contributed by atoms with Crippen molar-refractivity contribution in [1.82, 2.24) is 25.0 Å². The van der Waals surface area contributed by atoms with Crippen LogP contribution in [0.25, 0.3) is 0 Å². The molecule has 2 aromatic heterocycles. The van der Waals surface area contributed by atoms with E-state index in [1.165, 1.54) is 10.9 Å². The minimum Gasteiger partial charge on any atom is -0.501 e. The molecule has 2 heterocycles. The monoisotopic (exact) mass is 600 g/mol. The minimum atomic E-state index is -4.80. The second-order valence-corrected chi connectivity index (χ2v) is 6.87. The number of aromatic nitrogens is 4. The summed E-state index contributed by atoms with van der Waals surface area (Å²) in [5.74, 6) is 2.87. The maximum Gasteiger partial charge on any atom is 0.507 e. The Morgan fingerprint density at radius 1 is 1.00 bits per heavy atom. The van der Waals surface area contributed by atoms with E-state index in [9.17, 15) is 44.3 Å². The first-order valence-electron chi connectivity index (χ1n) is 11.2. The summed E-state index contributed by atoms with van der Waals surface area (Å²) in [5, 5.41) is 24.0. The number of allylic oxidation sites excluding steroid dienone is 1. The van der Waals surface area contributed by atoms with Gasteiger partial charge < -0.3 is 14.8 Å². The maximum absolute atomic E-state index is 12.1. The van der Waals surface area contributed by atoms with Crippen molar-refractivity contribution in [2.24, 2.45) is 5.84 Å². The Morgan fingerprint density at radius 2 is 1.52 bits per heavy atom. The summed E-state index contributed by atoms with van der Waals surface area (Å²) < 4.78 is 113. The molecule has 5 N–H and O–H groups in total. The van der Waals surface area contributed by atoms with Crippen molar-refractivity contribution >= 4 is 18.5 Å². The van der Waals surface area contributed by atoms with Gasteiger partial charge in [0.2, 0.25) is 0 Å². The van der Waals surface area contributed by atoms with E-state index >= 15 is 0 Å². The van der Waals surface area contributed by atoms with E-state index in [2.05, 4.69) is 20.4 Å². The van der Waals surface area contributed by atoms with Gasteiger partial charge in [-0.2, -0.15) is 49.7 Å². The number of carbonyl (C=O) groups excluding carboxylic acids is 1. The molecule has 10 nitrogen and oxygen atoms in total. The Kier molecular flexibility index (Phi) is 17.9. The molecule has 230 valence electrons. The van der Waals surface area contributed by atoms with Gasteiger partial charge in [-0.15, -0.1) is 0 Å². The third-order valence-electron chi connectivity index (χ3n) is 3.89. The number of aryl methyl sites for hydroxylation is 2. The van der Waals surface area contributed by atoms with Crippen LogP contribution in [0.2, 0.25) is 0 Å². The lowest BCUT2D eigenvalue weighted by Crippen LogP contribution is -2.36. The number of halogens is 9. The average Bonchev–Trinajstić information content (AvgIpc) is 3.52. The molecule has 40 heavy (non-hydrogen) atoms. The van der Waals surface area contributed by atoms with Crippen LogP contribution < -0.4 is 16.9 Å². The number of nitrogens with two attached hydrogens (primary N) is 1. The number of hydrogen-bond acceptors (Lipinski definition) is 8. The van der Waals surface area contributed by atoms with Crippen LogP contribution in [0.3, 0.4) is 0 Å². The molecule has 0 atom stereocenters. The lowest BCUT2D eigenvalue weighted by atomic mass is 9.86. The van der Waals surface area contributed by atoms with E-state index in [1.807, 2.05) is 6.92 Å². The van der Waals surface area contributed by atoms with Crippen LogP contribution in [0.15, 0.2) is 30.7 Å². The highest BCUT2D eigenvalue weighted by molar-refractivity contribution is 6.57. The van der Waals surface area contributed by atoms with Crippen LogP contribution in [0.5, 0.6) is 0 Å². The molecule has 0 spiro atoms. The van der Waals surface area contributed by atoms with E-state index in [1.54, 1.807) is 20.8 Å². The van der Waals surface area contributed by atoms with Crippen LogP contribution in [0.4, 0.5) is 39.5 Å². The van der Waals surface area contributed by atoms with E-state index in [4.69, 9.17) is 15.9 Å².